The molecule has 176 valence electrons. The van der Waals surface area contributed by atoms with Gasteiger partial charge < -0.3 is 9.14 Å². The maximum absolute atomic E-state index is 13.3. The third-order valence-electron chi connectivity index (χ3n) is 5.73. The minimum atomic E-state index is -0.356. The van der Waals surface area contributed by atoms with Crippen molar-refractivity contribution in [2.45, 2.75) is 25.7 Å². The van der Waals surface area contributed by atoms with E-state index >= 15 is 0 Å². The minimum absolute atomic E-state index is 0.0802. The number of thioether (sulfide) groups is 1. The Morgan fingerprint density at radius 1 is 1.03 bits per heavy atom. The van der Waals surface area contributed by atoms with Gasteiger partial charge >= 0.3 is 5.97 Å². The number of halogens is 1. The average molecular weight is 520 g/mol. The molecule has 0 radical (unpaired) electrons. The first kappa shape index (κ1) is 23.7. The molecule has 4 nitrogen and oxygen atoms in total. The molecule has 0 bridgehead atoms. The molecule has 3 heterocycles. The minimum Gasteiger partial charge on any atom is -0.462 e. The summed E-state index contributed by atoms with van der Waals surface area (Å²) in [6.45, 7) is 6.19. The number of aryl methyl sites for hydroxylation is 2. The van der Waals surface area contributed by atoms with Crippen molar-refractivity contribution in [3.8, 4) is 11.1 Å². The Morgan fingerprint density at radius 3 is 2.43 bits per heavy atom. The number of fused-ring (bicyclic) bond motifs is 3. The van der Waals surface area contributed by atoms with Gasteiger partial charge in [-0.3, -0.25) is 4.79 Å². The van der Waals surface area contributed by atoms with Gasteiger partial charge in [0.05, 0.1) is 27.2 Å². The van der Waals surface area contributed by atoms with Crippen molar-refractivity contribution in [2.75, 3.05) is 6.61 Å². The van der Waals surface area contributed by atoms with Gasteiger partial charge in [0.25, 0.3) is 0 Å². The first-order valence-corrected chi connectivity index (χ1v) is 13.2. The molecule has 0 aliphatic heterocycles. The zero-order valence-corrected chi connectivity index (χ0v) is 21.8. The number of pyridine rings is 1. The number of rotatable bonds is 5. The van der Waals surface area contributed by atoms with E-state index in [9.17, 15) is 9.59 Å². The largest absolute Gasteiger partial charge is 0.462 e. The third kappa shape index (κ3) is 4.27. The van der Waals surface area contributed by atoms with Crippen LogP contribution in [0.3, 0.4) is 0 Å². The van der Waals surface area contributed by atoms with Crippen LogP contribution in [-0.4, -0.2) is 22.1 Å². The van der Waals surface area contributed by atoms with Crippen LogP contribution in [-0.2, 0) is 4.74 Å². The van der Waals surface area contributed by atoms with Crippen molar-refractivity contribution < 1.29 is 14.3 Å². The van der Waals surface area contributed by atoms with Crippen molar-refractivity contribution in [1.29, 1.82) is 0 Å². The summed E-state index contributed by atoms with van der Waals surface area (Å²) in [6, 6.07) is 18.9. The van der Waals surface area contributed by atoms with Crippen molar-refractivity contribution in [3.63, 3.8) is 0 Å². The molecular formula is C28H22ClNO3S2. The molecule has 0 amide bonds. The number of esters is 1. The molecule has 0 aliphatic rings. The maximum atomic E-state index is 13.3. The molecule has 5 rings (SSSR count). The van der Waals surface area contributed by atoms with Gasteiger partial charge in [-0.05, 0) is 73.5 Å². The summed E-state index contributed by atoms with van der Waals surface area (Å²) in [4.78, 5) is 27.7. The van der Waals surface area contributed by atoms with Crippen LogP contribution in [0.15, 0.2) is 71.8 Å². The monoisotopic (exact) mass is 519 g/mol. The lowest BCUT2D eigenvalue weighted by Gasteiger charge is -2.09. The van der Waals surface area contributed by atoms with E-state index in [0.717, 1.165) is 42.9 Å². The number of thiophene rings is 1. The number of aromatic nitrogens is 1. The fourth-order valence-corrected chi connectivity index (χ4v) is 6.84. The molecule has 0 fully saturated rings. The van der Waals surface area contributed by atoms with Crippen LogP contribution in [0.25, 0.3) is 26.9 Å². The molecule has 0 atom stereocenters. The van der Waals surface area contributed by atoms with Gasteiger partial charge in [0.15, 0.2) is 0 Å². The predicted octanol–water partition coefficient (Wildman–Crippen LogP) is 8.20. The first-order chi connectivity index (χ1) is 16.9. The van der Waals surface area contributed by atoms with Crippen LogP contribution in [0.2, 0.25) is 5.02 Å². The fraction of sp³-hybridized carbons (Fsp3) is 0.143. The van der Waals surface area contributed by atoms with E-state index in [1.165, 1.54) is 23.1 Å². The lowest BCUT2D eigenvalue weighted by molar-refractivity contribution is 0.0533. The Kier molecular flexibility index (Phi) is 6.45. The number of benzene rings is 2. The van der Waals surface area contributed by atoms with Crippen LogP contribution in [0.4, 0.5) is 0 Å². The van der Waals surface area contributed by atoms with E-state index in [2.05, 4.69) is 23.6 Å². The van der Waals surface area contributed by atoms with Crippen LogP contribution in [0.5, 0.6) is 0 Å². The lowest BCUT2D eigenvalue weighted by Crippen LogP contribution is -2.04. The van der Waals surface area contributed by atoms with E-state index in [1.54, 1.807) is 31.2 Å². The summed E-state index contributed by atoms with van der Waals surface area (Å²) >= 11 is 8.59. The smallest absolute Gasteiger partial charge is 0.349 e. The van der Waals surface area contributed by atoms with Crippen molar-refractivity contribution in [1.82, 2.24) is 4.40 Å². The second kappa shape index (κ2) is 9.53. The molecule has 7 heteroatoms. The first-order valence-electron chi connectivity index (χ1n) is 11.2. The molecule has 3 aromatic heterocycles. The average Bonchev–Trinajstić information content (AvgIpc) is 3.36. The molecule has 0 N–H and O–H groups in total. The van der Waals surface area contributed by atoms with E-state index in [1.807, 2.05) is 37.3 Å². The van der Waals surface area contributed by atoms with Crippen molar-refractivity contribution >= 4 is 61.5 Å². The maximum Gasteiger partial charge on any atom is 0.349 e. The molecule has 35 heavy (non-hydrogen) atoms. The van der Waals surface area contributed by atoms with E-state index in [-0.39, 0.29) is 17.7 Å². The van der Waals surface area contributed by atoms with Crippen LogP contribution in [0, 0.1) is 13.8 Å². The van der Waals surface area contributed by atoms with E-state index in [0.29, 0.717) is 15.5 Å². The molecule has 0 saturated carbocycles. The summed E-state index contributed by atoms with van der Waals surface area (Å²) in [5, 5.41) is 0.503. The molecule has 0 spiro atoms. The second-order valence-electron chi connectivity index (χ2n) is 8.22. The van der Waals surface area contributed by atoms with Crippen LogP contribution in [0.1, 0.15) is 38.1 Å². The zero-order chi connectivity index (χ0) is 24.7. The summed E-state index contributed by atoms with van der Waals surface area (Å²) < 4.78 is 8.45. The highest BCUT2D eigenvalue weighted by Crippen LogP contribution is 2.48. The fourth-order valence-electron chi connectivity index (χ4n) is 4.33. The Balaban J connectivity index is 1.82. The van der Waals surface area contributed by atoms with Gasteiger partial charge in [0.1, 0.15) is 4.88 Å². The summed E-state index contributed by atoms with van der Waals surface area (Å²) in [5.74, 6) is -0.356. The van der Waals surface area contributed by atoms with Gasteiger partial charge in [-0.15, -0.1) is 11.3 Å². The number of ether oxygens (including phenoxy) is 1. The number of nitrogens with zero attached hydrogens (tertiary/aromatic N) is 1. The van der Waals surface area contributed by atoms with Crippen molar-refractivity contribution in [3.05, 3.63) is 93.5 Å². The number of carbonyl (C=O) groups excluding carboxylic acids is 2. The molecule has 0 aliphatic carbocycles. The van der Waals surface area contributed by atoms with Crippen molar-refractivity contribution in [2.24, 2.45) is 0 Å². The van der Waals surface area contributed by atoms with Crippen LogP contribution >= 0.6 is 34.7 Å². The summed E-state index contributed by atoms with van der Waals surface area (Å²) in [7, 11) is 0. The molecule has 0 saturated heterocycles. The Labute approximate surface area is 216 Å². The second-order valence-corrected chi connectivity index (χ2v) is 10.7. The van der Waals surface area contributed by atoms with Gasteiger partial charge in [-0.25, -0.2) is 4.79 Å². The van der Waals surface area contributed by atoms with Crippen LogP contribution < -0.4 is 0 Å². The molecule has 2 aromatic carbocycles. The Hall–Kier alpha value is -3.06. The van der Waals surface area contributed by atoms with E-state index < -0.39 is 0 Å². The van der Waals surface area contributed by atoms with Gasteiger partial charge in [-0.1, -0.05) is 48.0 Å². The number of hydrogen-bond donors (Lipinski definition) is 0. The number of hydrogen-bond acceptors (Lipinski definition) is 5. The predicted molar refractivity (Wildman–Crippen MR) is 145 cm³/mol. The Bertz CT molecular complexity index is 1580. The topological polar surface area (TPSA) is 47.8 Å². The standard InChI is InChI=1S/C28H22ClNO3S2/c1-4-33-27(31)24-21(18-8-6-5-7-9-18)23-26(34-24)25(22-17(3)14-16(2)15-30(22)23)35-28(32)19-10-12-20(29)13-11-19/h5-15H,4H2,1-3H3. The third-order valence-corrected chi connectivity index (χ3v) is 8.31. The summed E-state index contributed by atoms with van der Waals surface area (Å²) in [6.07, 6.45) is 2.07. The highest BCUT2D eigenvalue weighted by Gasteiger charge is 2.28. The summed E-state index contributed by atoms with van der Waals surface area (Å²) in [5.41, 5.74) is 6.37. The molecule has 5 aromatic rings. The van der Waals surface area contributed by atoms with E-state index in [4.69, 9.17) is 16.3 Å². The van der Waals surface area contributed by atoms with Gasteiger partial charge in [0, 0.05) is 22.3 Å². The quantitative estimate of drug-likeness (QED) is 0.173. The van der Waals surface area contributed by atoms with Gasteiger partial charge in [0.2, 0.25) is 5.12 Å². The molecule has 0 unspecified atom stereocenters. The Morgan fingerprint density at radius 2 is 1.74 bits per heavy atom. The lowest BCUT2D eigenvalue weighted by atomic mass is 10.1. The highest BCUT2D eigenvalue weighted by molar-refractivity contribution is 8.14. The number of carbonyl (C=O) groups is 2. The molecular weight excluding hydrogens is 498 g/mol. The SMILES string of the molecule is CCOC(=O)c1sc2c(SC(=O)c3ccc(Cl)cc3)c3c(C)cc(C)cn3c2c1-c1ccccc1. The highest BCUT2D eigenvalue weighted by atomic mass is 35.5. The van der Waals surface area contributed by atoms with Gasteiger partial charge in [-0.2, -0.15) is 0 Å². The normalized spacial score (nSPS) is 11.3. The zero-order valence-electron chi connectivity index (χ0n) is 19.4.